The highest BCUT2D eigenvalue weighted by atomic mass is 19.1. The maximum Gasteiger partial charge on any atom is 0.335 e. The van der Waals surface area contributed by atoms with Crippen LogP contribution < -0.4 is 0 Å². The van der Waals surface area contributed by atoms with E-state index < -0.39 is 11.8 Å². The molecule has 0 aliphatic rings. The minimum Gasteiger partial charge on any atom is -0.507 e. The third kappa shape index (κ3) is 2.10. The van der Waals surface area contributed by atoms with Crippen molar-refractivity contribution in [3.8, 4) is 16.9 Å². The van der Waals surface area contributed by atoms with Crippen LogP contribution in [0.3, 0.4) is 0 Å². The fourth-order valence-corrected chi connectivity index (χ4v) is 1.57. The third-order valence-electron chi connectivity index (χ3n) is 2.41. The number of carboxylic acid groups (broad SMARTS) is 1. The van der Waals surface area contributed by atoms with Crippen LogP contribution in [0.15, 0.2) is 42.5 Å². The lowest BCUT2D eigenvalue weighted by Gasteiger charge is -2.06. The zero-order chi connectivity index (χ0) is 12.4. The molecule has 2 N–H and O–H groups in total. The molecule has 0 unspecified atom stereocenters. The highest BCUT2D eigenvalue weighted by molar-refractivity contribution is 5.88. The van der Waals surface area contributed by atoms with Gasteiger partial charge in [0.05, 0.1) is 5.56 Å². The normalized spacial score (nSPS) is 10.2. The molecule has 0 saturated carbocycles. The molecule has 0 fully saturated rings. The first-order chi connectivity index (χ1) is 8.09. The van der Waals surface area contributed by atoms with Crippen molar-refractivity contribution in [2.24, 2.45) is 0 Å². The van der Waals surface area contributed by atoms with E-state index in [2.05, 4.69) is 0 Å². The molecule has 3 nitrogen and oxygen atoms in total. The van der Waals surface area contributed by atoms with Gasteiger partial charge in [-0.25, -0.2) is 9.18 Å². The van der Waals surface area contributed by atoms with Gasteiger partial charge in [-0.05, 0) is 18.2 Å². The van der Waals surface area contributed by atoms with Crippen LogP contribution >= 0.6 is 0 Å². The summed E-state index contributed by atoms with van der Waals surface area (Å²) < 4.78 is 13.7. The number of hydrogen-bond donors (Lipinski definition) is 2. The van der Waals surface area contributed by atoms with Crippen molar-refractivity contribution < 1.29 is 19.4 Å². The van der Waals surface area contributed by atoms with Crippen molar-refractivity contribution in [3.05, 3.63) is 53.8 Å². The maximum atomic E-state index is 13.7. The first-order valence-electron chi connectivity index (χ1n) is 4.91. The van der Waals surface area contributed by atoms with Crippen molar-refractivity contribution in [2.75, 3.05) is 0 Å². The van der Waals surface area contributed by atoms with Crippen molar-refractivity contribution in [3.63, 3.8) is 0 Å². The van der Waals surface area contributed by atoms with Gasteiger partial charge < -0.3 is 10.2 Å². The molecular weight excluding hydrogens is 223 g/mol. The molecule has 0 bridgehead atoms. The van der Waals surface area contributed by atoms with Crippen molar-refractivity contribution in [1.29, 1.82) is 0 Å². The predicted molar refractivity (Wildman–Crippen MR) is 60.5 cm³/mol. The summed E-state index contributed by atoms with van der Waals surface area (Å²) >= 11 is 0. The molecule has 0 heterocycles. The monoisotopic (exact) mass is 232 g/mol. The zero-order valence-electron chi connectivity index (χ0n) is 8.72. The van der Waals surface area contributed by atoms with Crippen molar-refractivity contribution >= 4 is 5.97 Å². The number of hydrogen-bond acceptors (Lipinski definition) is 2. The summed E-state index contributed by atoms with van der Waals surface area (Å²) in [7, 11) is 0. The first-order valence-corrected chi connectivity index (χ1v) is 4.91. The largest absolute Gasteiger partial charge is 0.507 e. The molecule has 86 valence electrons. The molecule has 0 saturated heterocycles. The summed E-state index contributed by atoms with van der Waals surface area (Å²) in [6.07, 6.45) is 0. The van der Waals surface area contributed by atoms with E-state index in [1.807, 2.05) is 0 Å². The summed E-state index contributed by atoms with van der Waals surface area (Å²) in [6, 6.07) is 9.88. The molecule has 2 aromatic carbocycles. The Hall–Kier alpha value is -2.36. The van der Waals surface area contributed by atoms with E-state index in [1.54, 1.807) is 18.2 Å². The van der Waals surface area contributed by atoms with Crippen LogP contribution in [0.4, 0.5) is 4.39 Å². The Bertz CT molecular complexity index is 579. The molecule has 0 radical (unpaired) electrons. The average molecular weight is 232 g/mol. The minimum atomic E-state index is -1.19. The van der Waals surface area contributed by atoms with E-state index in [0.29, 0.717) is 5.56 Å². The fourth-order valence-electron chi connectivity index (χ4n) is 1.57. The molecule has 0 aromatic heterocycles. The van der Waals surface area contributed by atoms with Crippen LogP contribution in [0.1, 0.15) is 10.4 Å². The Morgan fingerprint density at radius 3 is 2.35 bits per heavy atom. The summed E-state index contributed by atoms with van der Waals surface area (Å²) in [5.41, 5.74) is 0.386. The lowest BCUT2D eigenvalue weighted by Crippen LogP contribution is -1.97. The number of carboxylic acids is 1. The zero-order valence-corrected chi connectivity index (χ0v) is 8.72. The molecule has 2 aromatic rings. The molecular formula is C13H9FO3. The summed E-state index contributed by atoms with van der Waals surface area (Å²) in [5, 5.41) is 18.3. The SMILES string of the molecule is O=C(O)c1ccc(-c2ccccc2O)c(F)c1. The van der Waals surface area contributed by atoms with E-state index in [1.165, 1.54) is 18.2 Å². The molecule has 0 aliphatic carbocycles. The topological polar surface area (TPSA) is 57.5 Å². The quantitative estimate of drug-likeness (QED) is 0.836. The van der Waals surface area contributed by atoms with Gasteiger partial charge in [0.2, 0.25) is 0 Å². The van der Waals surface area contributed by atoms with Gasteiger partial charge in [-0.3, -0.25) is 0 Å². The number of phenols is 1. The summed E-state index contributed by atoms with van der Waals surface area (Å²) in [5.74, 6) is -1.91. The molecule has 0 amide bonds. The lowest BCUT2D eigenvalue weighted by molar-refractivity contribution is 0.0696. The van der Waals surface area contributed by atoms with E-state index in [-0.39, 0.29) is 16.9 Å². The molecule has 2 rings (SSSR count). The number of carbonyl (C=O) groups is 1. The van der Waals surface area contributed by atoms with Gasteiger partial charge >= 0.3 is 5.97 Å². The molecule has 0 spiro atoms. The smallest absolute Gasteiger partial charge is 0.335 e. The Labute approximate surface area is 96.8 Å². The van der Waals surface area contributed by atoms with Crippen LogP contribution in [-0.4, -0.2) is 16.2 Å². The van der Waals surface area contributed by atoms with Crippen LogP contribution in [0, 0.1) is 5.82 Å². The molecule has 4 heteroatoms. The van der Waals surface area contributed by atoms with Gasteiger partial charge in [0.15, 0.2) is 0 Å². The molecule has 17 heavy (non-hydrogen) atoms. The Morgan fingerprint density at radius 2 is 1.76 bits per heavy atom. The van der Waals surface area contributed by atoms with Gasteiger partial charge in [-0.15, -0.1) is 0 Å². The summed E-state index contributed by atoms with van der Waals surface area (Å²) in [6.45, 7) is 0. The highest BCUT2D eigenvalue weighted by Crippen LogP contribution is 2.30. The average Bonchev–Trinajstić information content (AvgIpc) is 2.30. The summed E-state index contributed by atoms with van der Waals surface area (Å²) in [4.78, 5) is 10.7. The number of phenolic OH excluding ortho intramolecular Hbond substituents is 1. The van der Waals surface area contributed by atoms with Gasteiger partial charge in [0.1, 0.15) is 11.6 Å². The number of halogens is 1. The number of aromatic hydroxyl groups is 1. The Morgan fingerprint density at radius 1 is 1.06 bits per heavy atom. The van der Waals surface area contributed by atoms with Gasteiger partial charge in [0.25, 0.3) is 0 Å². The van der Waals surface area contributed by atoms with E-state index >= 15 is 0 Å². The van der Waals surface area contributed by atoms with Crippen LogP contribution in [0.2, 0.25) is 0 Å². The second kappa shape index (κ2) is 4.25. The van der Waals surface area contributed by atoms with E-state index in [4.69, 9.17) is 5.11 Å². The molecule has 0 atom stereocenters. The number of aromatic carboxylic acids is 1. The van der Waals surface area contributed by atoms with Crippen molar-refractivity contribution in [2.45, 2.75) is 0 Å². The minimum absolute atomic E-state index is 0.0468. The van der Waals surface area contributed by atoms with Crippen molar-refractivity contribution in [1.82, 2.24) is 0 Å². The van der Waals surface area contributed by atoms with Crippen LogP contribution in [0.5, 0.6) is 5.75 Å². The van der Waals surface area contributed by atoms with Gasteiger partial charge in [-0.2, -0.15) is 0 Å². The van der Waals surface area contributed by atoms with Gasteiger partial charge in [0, 0.05) is 11.1 Å². The van der Waals surface area contributed by atoms with Crippen LogP contribution in [-0.2, 0) is 0 Å². The van der Waals surface area contributed by atoms with Crippen LogP contribution in [0.25, 0.3) is 11.1 Å². The number of para-hydroxylation sites is 1. The second-order valence-corrected chi connectivity index (χ2v) is 3.52. The standard InChI is InChI=1S/C13H9FO3/c14-11-7-8(13(16)17)5-6-9(11)10-3-1-2-4-12(10)15/h1-7,15H,(H,16,17). The predicted octanol–water partition coefficient (Wildman–Crippen LogP) is 2.90. The van der Waals surface area contributed by atoms with E-state index in [0.717, 1.165) is 6.07 Å². The number of benzene rings is 2. The molecule has 0 aliphatic heterocycles. The Balaban J connectivity index is 2.55. The first kappa shape index (κ1) is 11.1. The fraction of sp³-hybridized carbons (Fsp3) is 0. The Kier molecular flexibility index (Phi) is 2.78. The number of rotatable bonds is 2. The lowest BCUT2D eigenvalue weighted by atomic mass is 10.0. The van der Waals surface area contributed by atoms with Gasteiger partial charge in [-0.1, -0.05) is 24.3 Å². The van der Waals surface area contributed by atoms with E-state index in [9.17, 15) is 14.3 Å². The maximum absolute atomic E-state index is 13.7. The highest BCUT2D eigenvalue weighted by Gasteiger charge is 2.11. The third-order valence-corrected chi connectivity index (χ3v) is 2.41. The second-order valence-electron chi connectivity index (χ2n) is 3.52.